The molecule has 0 heterocycles. The van der Waals surface area contributed by atoms with Gasteiger partial charge in [0.1, 0.15) is 0 Å². The van der Waals surface area contributed by atoms with Gasteiger partial charge in [-0.1, -0.05) is 0 Å². The molecule has 0 spiro atoms. The average molecular weight is 212 g/mol. The minimum absolute atomic E-state index is 0.0135. The fraction of sp³-hybridized carbons (Fsp3) is 1.00. The molecule has 0 bridgehead atoms. The predicted molar refractivity (Wildman–Crippen MR) is 54.9 cm³/mol. The third-order valence-electron chi connectivity index (χ3n) is 1.23. The second-order valence-electron chi connectivity index (χ2n) is 4.32. The van der Waals surface area contributed by atoms with E-state index in [1.807, 2.05) is 20.8 Å². The van der Waals surface area contributed by atoms with Gasteiger partial charge in [-0.25, -0.2) is 0 Å². The van der Waals surface area contributed by atoms with E-state index >= 15 is 0 Å². The Morgan fingerprint density at radius 3 is 2.15 bits per heavy atom. The molecule has 0 unspecified atom stereocenters. The van der Waals surface area contributed by atoms with E-state index in [0.717, 1.165) is 0 Å². The maximum absolute atomic E-state index is 9.59. The Balaban J connectivity index is 3.75. The Bertz CT molecular complexity index is 142. The Kier molecular flexibility index (Phi) is 5.33. The average Bonchev–Trinajstić information content (AvgIpc) is 1.97. The van der Waals surface area contributed by atoms with Gasteiger partial charge in [0, 0.05) is 0 Å². The van der Waals surface area contributed by atoms with Crippen LogP contribution in [0.25, 0.3) is 0 Å². The molecule has 0 saturated carbocycles. The summed E-state index contributed by atoms with van der Waals surface area (Å²) in [4.78, 5) is 9.59. The molecule has 0 saturated heterocycles. The second kappa shape index (κ2) is 5.23. The first-order valence-electron chi connectivity index (χ1n) is 4.38. The van der Waals surface area contributed by atoms with Crippen molar-refractivity contribution in [3.05, 3.63) is 0 Å². The van der Waals surface area contributed by atoms with Gasteiger partial charge in [0.15, 0.2) is 0 Å². The second-order valence-corrected chi connectivity index (χ2v) is 6.69. The minimum atomic E-state index is -2.99. The van der Waals surface area contributed by atoms with E-state index in [1.54, 1.807) is 6.66 Å². The number of rotatable bonds is 5. The van der Waals surface area contributed by atoms with Crippen molar-refractivity contribution in [3.63, 3.8) is 0 Å². The third kappa shape index (κ3) is 8.60. The van der Waals surface area contributed by atoms with Gasteiger partial charge in [-0.2, -0.15) is 0 Å². The molecule has 4 nitrogen and oxygen atoms in total. The molecular formula is C8H21O4P. The van der Waals surface area contributed by atoms with Gasteiger partial charge < -0.3 is 0 Å². The number of hydrogen-bond donors (Lipinski definition) is 2. The molecule has 0 amide bonds. The normalized spacial score (nSPS) is 14.6. The van der Waals surface area contributed by atoms with E-state index in [9.17, 15) is 4.89 Å². The SMILES string of the molecule is CC(C)(C)CO[PH](C)(O)OCCO. The van der Waals surface area contributed by atoms with Crippen molar-refractivity contribution in [3.8, 4) is 0 Å². The van der Waals surface area contributed by atoms with Crippen molar-refractivity contribution in [1.29, 1.82) is 0 Å². The summed E-state index contributed by atoms with van der Waals surface area (Å²) < 4.78 is 10.3. The third-order valence-corrected chi connectivity index (χ3v) is 2.65. The van der Waals surface area contributed by atoms with Crippen LogP contribution in [-0.2, 0) is 9.05 Å². The summed E-state index contributed by atoms with van der Waals surface area (Å²) in [5.41, 5.74) is 0.0135. The monoisotopic (exact) mass is 212 g/mol. The maximum atomic E-state index is 9.59. The topological polar surface area (TPSA) is 58.9 Å². The summed E-state index contributed by atoms with van der Waals surface area (Å²) in [6, 6.07) is 0. The molecule has 5 heteroatoms. The first kappa shape index (κ1) is 13.3. The van der Waals surface area contributed by atoms with Gasteiger partial charge in [0.2, 0.25) is 0 Å². The van der Waals surface area contributed by atoms with Crippen molar-refractivity contribution in [1.82, 2.24) is 0 Å². The molecule has 0 aromatic heterocycles. The van der Waals surface area contributed by atoms with Crippen molar-refractivity contribution >= 4 is 7.94 Å². The number of hydrogen-bond acceptors (Lipinski definition) is 4. The van der Waals surface area contributed by atoms with Crippen LogP contribution in [0, 0.1) is 5.41 Å². The van der Waals surface area contributed by atoms with E-state index in [2.05, 4.69) is 0 Å². The van der Waals surface area contributed by atoms with E-state index in [1.165, 1.54) is 0 Å². The molecule has 0 atom stereocenters. The predicted octanol–water partition coefficient (Wildman–Crippen LogP) is 1.17. The summed E-state index contributed by atoms with van der Waals surface area (Å²) in [6.07, 6.45) is 0. The zero-order valence-electron chi connectivity index (χ0n) is 8.83. The van der Waals surface area contributed by atoms with Crippen LogP contribution in [0.4, 0.5) is 0 Å². The van der Waals surface area contributed by atoms with Gasteiger partial charge in [-0.15, -0.1) is 0 Å². The van der Waals surface area contributed by atoms with E-state index in [-0.39, 0.29) is 18.6 Å². The van der Waals surface area contributed by atoms with Crippen LogP contribution in [0.3, 0.4) is 0 Å². The van der Waals surface area contributed by atoms with Crippen LogP contribution >= 0.6 is 7.94 Å². The Hall–Kier alpha value is 0.270. The van der Waals surface area contributed by atoms with Crippen LogP contribution in [0.2, 0.25) is 0 Å². The quantitative estimate of drug-likeness (QED) is 0.672. The Morgan fingerprint density at radius 2 is 1.77 bits per heavy atom. The van der Waals surface area contributed by atoms with Crippen LogP contribution in [-0.4, -0.2) is 36.5 Å². The molecule has 0 aliphatic carbocycles. The van der Waals surface area contributed by atoms with Crippen molar-refractivity contribution in [2.75, 3.05) is 26.5 Å². The van der Waals surface area contributed by atoms with Gasteiger partial charge in [-0.05, 0) is 0 Å². The standard InChI is InChI=1S/C8H21O4P/c1-8(2,3)7-12-13(4,10)11-6-5-9/h9-10,13H,5-7H2,1-4H3. The molecule has 2 N–H and O–H groups in total. The zero-order chi connectivity index (χ0) is 10.5. The van der Waals surface area contributed by atoms with Crippen LogP contribution in [0.5, 0.6) is 0 Å². The van der Waals surface area contributed by atoms with E-state index in [4.69, 9.17) is 14.2 Å². The first-order chi connectivity index (χ1) is 5.77. The number of aliphatic hydroxyl groups excluding tert-OH is 1. The molecule has 0 aliphatic rings. The molecule has 0 rings (SSSR count). The fourth-order valence-corrected chi connectivity index (χ4v) is 1.88. The van der Waals surface area contributed by atoms with Crippen LogP contribution in [0.1, 0.15) is 20.8 Å². The van der Waals surface area contributed by atoms with Crippen molar-refractivity contribution in [2.45, 2.75) is 20.8 Å². The Morgan fingerprint density at radius 1 is 1.23 bits per heavy atom. The fourth-order valence-electron chi connectivity index (χ4n) is 0.627. The van der Waals surface area contributed by atoms with E-state index in [0.29, 0.717) is 6.61 Å². The van der Waals surface area contributed by atoms with Crippen LogP contribution < -0.4 is 0 Å². The molecule has 0 aromatic carbocycles. The molecule has 0 fully saturated rings. The zero-order valence-corrected chi connectivity index (χ0v) is 9.83. The molecule has 13 heavy (non-hydrogen) atoms. The van der Waals surface area contributed by atoms with Gasteiger partial charge in [0.05, 0.1) is 0 Å². The summed E-state index contributed by atoms with van der Waals surface area (Å²) >= 11 is 0. The van der Waals surface area contributed by atoms with E-state index < -0.39 is 7.94 Å². The van der Waals surface area contributed by atoms with Crippen molar-refractivity contribution in [2.24, 2.45) is 5.41 Å². The first-order valence-corrected chi connectivity index (χ1v) is 6.64. The van der Waals surface area contributed by atoms with Gasteiger partial charge in [0.25, 0.3) is 0 Å². The molecule has 82 valence electrons. The number of aliphatic hydroxyl groups is 1. The summed E-state index contributed by atoms with van der Waals surface area (Å²) in [6.45, 7) is 8.09. The van der Waals surface area contributed by atoms with Gasteiger partial charge >= 0.3 is 79.7 Å². The molecular weight excluding hydrogens is 191 g/mol. The van der Waals surface area contributed by atoms with Crippen molar-refractivity contribution < 1.29 is 19.0 Å². The summed E-state index contributed by atoms with van der Waals surface area (Å²) in [7, 11) is -2.99. The molecule has 0 aliphatic heterocycles. The molecule has 0 radical (unpaired) electrons. The van der Waals surface area contributed by atoms with Gasteiger partial charge in [-0.3, -0.25) is 0 Å². The molecule has 0 aromatic rings. The summed E-state index contributed by atoms with van der Waals surface area (Å²) in [5.74, 6) is 0. The Labute approximate surface area is 80.5 Å². The van der Waals surface area contributed by atoms with Crippen LogP contribution in [0.15, 0.2) is 0 Å². The summed E-state index contributed by atoms with van der Waals surface area (Å²) in [5, 5.41) is 8.49.